The number of rotatable bonds is 4. The van der Waals surface area contributed by atoms with Gasteiger partial charge in [0.25, 0.3) is 0 Å². The molecular weight excluding hydrogens is 270 g/mol. The molecule has 1 aromatic carbocycles. The standard InChI is InChI=1S/C16H17NO4/c1-10-8-14(11(2)17(10)3)15(19)9-21-16(20)12-4-6-13(18)7-5-12/h4-8,18H,9H2,1-3H3. The van der Waals surface area contributed by atoms with Gasteiger partial charge in [0, 0.05) is 24.0 Å². The Bertz CT molecular complexity index is 683. The van der Waals surface area contributed by atoms with Crippen molar-refractivity contribution in [1.29, 1.82) is 0 Å². The predicted octanol–water partition coefficient (Wildman–Crippen LogP) is 2.39. The van der Waals surface area contributed by atoms with E-state index in [1.165, 1.54) is 24.3 Å². The highest BCUT2D eigenvalue weighted by atomic mass is 16.5. The Morgan fingerprint density at radius 3 is 2.33 bits per heavy atom. The summed E-state index contributed by atoms with van der Waals surface area (Å²) < 4.78 is 6.92. The van der Waals surface area contributed by atoms with Crippen LogP contribution in [0.15, 0.2) is 30.3 Å². The number of ether oxygens (including phenoxy) is 1. The molecule has 2 aromatic rings. The number of hydrogen-bond acceptors (Lipinski definition) is 4. The smallest absolute Gasteiger partial charge is 0.338 e. The van der Waals surface area contributed by atoms with Crippen molar-refractivity contribution in [1.82, 2.24) is 4.57 Å². The van der Waals surface area contributed by atoms with Gasteiger partial charge in [-0.2, -0.15) is 0 Å². The van der Waals surface area contributed by atoms with Gasteiger partial charge in [-0.3, -0.25) is 4.79 Å². The van der Waals surface area contributed by atoms with E-state index in [1.807, 2.05) is 25.5 Å². The highest BCUT2D eigenvalue weighted by molar-refractivity contribution is 6.00. The third-order valence-corrected chi connectivity index (χ3v) is 3.51. The fourth-order valence-electron chi connectivity index (χ4n) is 2.03. The molecular formula is C16H17NO4. The second-order valence-electron chi connectivity index (χ2n) is 4.89. The summed E-state index contributed by atoms with van der Waals surface area (Å²) in [5, 5.41) is 9.16. The van der Waals surface area contributed by atoms with Gasteiger partial charge in [-0.25, -0.2) is 4.79 Å². The quantitative estimate of drug-likeness (QED) is 0.692. The first-order valence-electron chi connectivity index (χ1n) is 6.52. The lowest BCUT2D eigenvalue weighted by Gasteiger charge is -2.05. The topological polar surface area (TPSA) is 68.5 Å². The zero-order valence-corrected chi connectivity index (χ0v) is 12.2. The zero-order chi connectivity index (χ0) is 15.6. The average Bonchev–Trinajstić information content (AvgIpc) is 2.73. The number of esters is 1. The summed E-state index contributed by atoms with van der Waals surface area (Å²) in [4.78, 5) is 23.9. The van der Waals surface area contributed by atoms with Crippen molar-refractivity contribution in [2.75, 3.05) is 6.61 Å². The average molecular weight is 287 g/mol. The van der Waals surface area contributed by atoms with E-state index in [4.69, 9.17) is 9.84 Å². The van der Waals surface area contributed by atoms with Crippen LogP contribution in [0.2, 0.25) is 0 Å². The van der Waals surface area contributed by atoms with Crippen LogP contribution in [0, 0.1) is 13.8 Å². The Labute approximate surface area is 122 Å². The Hall–Kier alpha value is -2.56. The summed E-state index contributed by atoms with van der Waals surface area (Å²) >= 11 is 0. The number of nitrogens with zero attached hydrogens (tertiary/aromatic N) is 1. The maximum Gasteiger partial charge on any atom is 0.338 e. The van der Waals surface area contributed by atoms with Crippen LogP contribution in [-0.2, 0) is 11.8 Å². The van der Waals surface area contributed by atoms with Gasteiger partial charge in [0.2, 0.25) is 5.78 Å². The molecule has 0 amide bonds. The second kappa shape index (κ2) is 5.83. The maximum atomic E-state index is 12.1. The molecule has 110 valence electrons. The van der Waals surface area contributed by atoms with E-state index in [-0.39, 0.29) is 18.1 Å². The van der Waals surface area contributed by atoms with Crippen LogP contribution in [0.1, 0.15) is 32.1 Å². The number of Topliss-reactive ketones (excluding diaryl/α,β-unsaturated/α-hetero) is 1. The number of ketones is 1. The molecule has 5 heteroatoms. The van der Waals surface area contributed by atoms with E-state index < -0.39 is 5.97 Å². The van der Waals surface area contributed by atoms with Crippen molar-refractivity contribution in [3.8, 4) is 5.75 Å². The number of carbonyl (C=O) groups is 2. The number of aryl methyl sites for hydroxylation is 1. The Morgan fingerprint density at radius 1 is 1.19 bits per heavy atom. The van der Waals surface area contributed by atoms with Gasteiger partial charge in [0.15, 0.2) is 6.61 Å². The minimum absolute atomic E-state index is 0.0676. The van der Waals surface area contributed by atoms with Crippen molar-refractivity contribution < 1.29 is 19.4 Å². The van der Waals surface area contributed by atoms with E-state index >= 15 is 0 Å². The van der Waals surface area contributed by atoms with Crippen LogP contribution in [0.25, 0.3) is 0 Å². The summed E-state index contributed by atoms with van der Waals surface area (Å²) in [5.41, 5.74) is 2.67. The van der Waals surface area contributed by atoms with Crippen LogP contribution < -0.4 is 0 Å². The summed E-state index contributed by atoms with van der Waals surface area (Å²) in [6.07, 6.45) is 0. The first-order valence-corrected chi connectivity index (χ1v) is 6.52. The first kappa shape index (κ1) is 14.8. The number of aromatic hydroxyl groups is 1. The summed E-state index contributed by atoms with van der Waals surface area (Å²) in [6, 6.07) is 7.46. The van der Waals surface area contributed by atoms with Crippen molar-refractivity contribution in [2.45, 2.75) is 13.8 Å². The van der Waals surface area contributed by atoms with Crippen LogP contribution in [0.4, 0.5) is 0 Å². The molecule has 0 aliphatic rings. The maximum absolute atomic E-state index is 12.1. The summed E-state index contributed by atoms with van der Waals surface area (Å²) in [7, 11) is 1.88. The van der Waals surface area contributed by atoms with E-state index in [9.17, 15) is 9.59 Å². The van der Waals surface area contributed by atoms with Gasteiger partial charge in [-0.05, 0) is 44.2 Å². The number of phenols is 1. The first-order chi connectivity index (χ1) is 9.90. The van der Waals surface area contributed by atoms with Crippen LogP contribution in [0.5, 0.6) is 5.75 Å². The molecule has 0 unspecified atom stereocenters. The van der Waals surface area contributed by atoms with E-state index in [0.717, 1.165) is 11.4 Å². The van der Waals surface area contributed by atoms with Crippen LogP contribution >= 0.6 is 0 Å². The molecule has 0 saturated carbocycles. The monoisotopic (exact) mass is 287 g/mol. The minimum atomic E-state index is -0.589. The fourth-order valence-corrected chi connectivity index (χ4v) is 2.03. The lowest BCUT2D eigenvalue weighted by Crippen LogP contribution is -2.14. The molecule has 2 rings (SSSR count). The third kappa shape index (κ3) is 3.13. The van der Waals surface area contributed by atoms with Crippen molar-refractivity contribution in [2.24, 2.45) is 7.05 Å². The Kier molecular flexibility index (Phi) is 4.12. The molecule has 0 aliphatic heterocycles. The lowest BCUT2D eigenvalue weighted by molar-refractivity contribution is 0.0474. The van der Waals surface area contributed by atoms with Gasteiger partial charge >= 0.3 is 5.97 Å². The van der Waals surface area contributed by atoms with Gasteiger partial charge in [0.05, 0.1) is 5.56 Å². The fraction of sp³-hybridized carbons (Fsp3) is 0.250. The molecule has 0 spiro atoms. The van der Waals surface area contributed by atoms with Gasteiger partial charge in [0.1, 0.15) is 5.75 Å². The highest BCUT2D eigenvalue weighted by Gasteiger charge is 2.16. The summed E-state index contributed by atoms with van der Waals surface area (Å²) in [5.74, 6) is -0.755. The van der Waals surface area contributed by atoms with Gasteiger partial charge < -0.3 is 14.4 Å². The Morgan fingerprint density at radius 2 is 1.81 bits per heavy atom. The van der Waals surface area contributed by atoms with Gasteiger partial charge in [-0.1, -0.05) is 0 Å². The molecule has 0 fully saturated rings. The number of carbonyl (C=O) groups excluding carboxylic acids is 2. The molecule has 21 heavy (non-hydrogen) atoms. The normalized spacial score (nSPS) is 10.4. The van der Waals surface area contributed by atoms with Crippen LogP contribution in [-0.4, -0.2) is 28.0 Å². The molecule has 1 heterocycles. The zero-order valence-electron chi connectivity index (χ0n) is 12.2. The Balaban J connectivity index is 2.02. The minimum Gasteiger partial charge on any atom is -0.508 e. The van der Waals surface area contributed by atoms with Crippen molar-refractivity contribution in [3.05, 3.63) is 52.8 Å². The molecule has 0 aliphatic carbocycles. The molecule has 0 saturated heterocycles. The van der Waals surface area contributed by atoms with Crippen molar-refractivity contribution in [3.63, 3.8) is 0 Å². The molecule has 1 aromatic heterocycles. The summed E-state index contributed by atoms with van der Waals surface area (Å²) in [6.45, 7) is 3.46. The lowest BCUT2D eigenvalue weighted by atomic mass is 10.1. The molecule has 1 N–H and O–H groups in total. The highest BCUT2D eigenvalue weighted by Crippen LogP contribution is 2.15. The molecule has 0 bridgehead atoms. The van der Waals surface area contributed by atoms with E-state index in [1.54, 1.807) is 6.07 Å². The third-order valence-electron chi connectivity index (χ3n) is 3.51. The molecule has 0 radical (unpaired) electrons. The van der Waals surface area contributed by atoms with Crippen molar-refractivity contribution >= 4 is 11.8 Å². The molecule has 0 atom stereocenters. The van der Waals surface area contributed by atoms with E-state index in [0.29, 0.717) is 11.1 Å². The predicted molar refractivity (Wildman–Crippen MR) is 77.6 cm³/mol. The molecule has 5 nitrogen and oxygen atoms in total. The number of phenolic OH excluding ortho intramolecular Hbond substituents is 1. The number of benzene rings is 1. The SMILES string of the molecule is Cc1cc(C(=O)COC(=O)c2ccc(O)cc2)c(C)n1C. The number of hydrogen-bond donors (Lipinski definition) is 1. The largest absolute Gasteiger partial charge is 0.508 e. The van der Waals surface area contributed by atoms with Crippen LogP contribution in [0.3, 0.4) is 0 Å². The van der Waals surface area contributed by atoms with Gasteiger partial charge in [-0.15, -0.1) is 0 Å². The number of aromatic nitrogens is 1. The van der Waals surface area contributed by atoms with E-state index in [2.05, 4.69) is 0 Å². The second-order valence-corrected chi connectivity index (χ2v) is 4.89.